The Bertz CT molecular complexity index is 602. The number of carbonyl (C=O) groups excluding carboxylic acids is 2. The van der Waals surface area contributed by atoms with Crippen LogP contribution in [-0.4, -0.2) is 84.1 Å². The van der Waals surface area contributed by atoms with Gasteiger partial charge in [-0.1, -0.05) is 13.3 Å². The molecular formula is C20H33N5O3. The molecule has 156 valence electrons. The van der Waals surface area contributed by atoms with Gasteiger partial charge in [-0.2, -0.15) is 0 Å². The fraction of sp³-hybridized carbons (Fsp3) is 0.700. The Morgan fingerprint density at radius 2 is 1.96 bits per heavy atom. The van der Waals surface area contributed by atoms with Gasteiger partial charge in [-0.25, -0.2) is 4.98 Å². The van der Waals surface area contributed by atoms with Gasteiger partial charge in [-0.05, 0) is 19.8 Å². The summed E-state index contributed by atoms with van der Waals surface area (Å²) >= 11 is 0. The van der Waals surface area contributed by atoms with Gasteiger partial charge < -0.3 is 15.0 Å². The summed E-state index contributed by atoms with van der Waals surface area (Å²) in [5.74, 6) is -0.190. The first kappa shape index (κ1) is 22.2. The lowest BCUT2D eigenvalue weighted by Crippen LogP contribution is -2.40. The number of hydrogen-bond acceptors (Lipinski definition) is 6. The van der Waals surface area contributed by atoms with Crippen molar-refractivity contribution in [2.45, 2.75) is 39.5 Å². The number of amides is 2. The van der Waals surface area contributed by atoms with E-state index in [0.717, 1.165) is 57.8 Å². The van der Waals surface area contributed by atoms with Crippen LogP contribution in [0, 0.1) is 6.92 Å². The molecule has 1 aliphatic heterocycles. The van der Waals surface area contributed by atoms with Crippen LogP contribution in [0.4, 0.5) is 0 Å². The molecule has 1 aromatic rings. The molecule has 1 aromatic heterocycles. The van der Waals surface area contributed by atoms with Crippen molar-refractivity contribution >= 4 is 11.8 Å². The minimum absolute atomic E-state index is 0.0191. The summed E-state index contributed by atoms with van der Waals surface area (Å²) < 4.78 is 5.37. The van der Waals surface area contributed by atoms with Crippen LogP contribution in [-0.2, 0) is 9.53 Å². The number of aromatic nitrogens is 2. The average Bonchev–Trinajstić information content (AvgIpc) is 2.71. The third-order valence-electron chi connectivity index (χ3n) is 4.75. The molecule has 1 aliphatic rings. The van der Waals surface area contributed by atoms with Crippen LogP contribution in [0.15, 0.2) is 12.4 Å². The third kappa shape index (κ3) is 7.90. The van der Waals surface area contributed by atoms with Crippen molar-refractivity contribution < 1.29 is 14.3 Å². The Hall–Kier alpha value is -2.06. The van der Waals surface area contributed by atoms with E-state index >= 15 is 0 Å². The molecule has 2 heterocycles. The van der Waals surface area contributed by atoms with E-state index in [1.165, 1.54) is 6.20 Å². The quantitative estimate of drug-likeness (QED) is 0.572. The van der Waals surface area contributed by atoms with Crippen LogP contribution in [0.25, 0.3) is 0 Å². The zero-order chi connectivity index (χ0) is 20.2. The normalized spacial score (nSPS) is 14.6. The molecule has 0 bridgehead atoms. The van der Waals surface area contributed by atoms with Gasteiger partial charge in [0.2, 0.25) is 5.91 Å². The van der Waals surface area contributed by atoms with Gasteiger partial charge >= 0.3 is 0 Å². The van der Waals surface area contributed by atoms with Crippen LogP contribution in [0.1, 0.15) is 48.8 Å². The van der Waals surface area contributed by atoms with Crippen molar-refractivity contribution in [3.8, 4) is 0 Å². The fourth-order valence-electron chi connectivity index (χ4n) is 3.02. The van der Waals surface area contributed by atoms with Crippen molar-refractivity contribution in [1.82, 2.24) is 25.1 Å². The summed E-state index contributed by atoms with van der Waals surface area (Å²) in [6.45, 7) is 9.88. The average molecular weight is 392 g/mol. The van der Waals surface area contributed by atoms with E-state index < -0.39 is 0 Å². The predicted molar refractivity (Wildman–Crippen MR) is 107 cm³/mol. The van der Waals surface area contributed by atoms with Gasteiger partial charge in [-0.15, -0.1) is 0 Å². The van der Waals surface area contributed by atoms with Gasteiger partial charge in [0, 0.05) is 51.9 Å². The number of unbranched alkanes of at least 4 members (excludes halogenated alkanes) is 1. The number of morpholine rings is 1. The van der Waals surface area contributed by atoms with Crippen molar-refractivity contribution in [1.29, 1.82) is 0 Å². The molecule has 0 radical (unpaired) electrons. The van der Waals surface area contributed by atoms with Gasteiger partial charge in [0.1, 0.15) is 5.69 Å². The highest BCUT2D eigenvalue weighted by Gasteiger charge is 2.19. The van der Waals surface area contributed by atoms with Crippen LogP contribution < -0.4 is 5.32 Å². The van der Waals surface area contributed by atoms with Gasteiger partial charge in [0.25, 0.3) is 5.91 Å². The van der Waals surface area contributed by atoms with Gasteiger partial charge in [-0.3, -0.25) is 19.5 Å². The standard InChI is InChI=1S/C20H33N5O3/c1-3-4-7-21-19(26)6-10-25(9-5-8-24-11-13-28-14-12-24)20(27)18-16-22-17(2)15-23-18/h15-16H,3-14H2,1-2H3,(H,21,26). The van der Waals surface area contributed by atoms with Crippen LogP contribution in [0.2, 0.25) is 0 Å². The lowest BCUT2D eigenvalue weighted by atomic mass is 10.2. The molecule has 8 nitrogen and oxygen atoms in total. The number of carbonyl (C=O) groups is 2. The molecule has 8 heteroatoms. The van der Waals surface area contributed by atoms with Crippen molar-refractivity contribution in [3.05, 3.63) is 23.8 Å². The summed E-state index contributed by atoms with van der Waals surface area (Å²) in [4.78, 5) is 37.4. The maximum absolute atomic E-state index is 12.9. The van der Waals surface area contributed by atoms with E-state index in [1.54, 1.807) is 11.1 Å². The lowest BCUT2D eigenvalue weighted by molar-refractivity contribution is -0.121. The van der Waals surface area contributed by atoms with Crippen LogP contribution >= 0.6 is 0 Å². The zero-order valence-electron chi connectivity index (χ0n) is 17.2. The van der Waals surface area contributed by atoms with E-state index in [-0.39, 0.29) is 11.8 Å². The molecule has 0 aromatic carbocycles. The highest BCUT2D eigenvalue weighted by Crippen LogP contribution is 2.06. The molecule has 0 spiro atoms. The third-order valence-corrected chi connectivity index (χ3v) is 4.75. The maximum Gasteiger partial charge on any atom is 0.274 e. The molecule has 2 amide bonds. The van der Waals surface area contributed by atoms with Crippen LogP contribution in [0.3, 0.4) is 0 Å². The molecular weight excluding hydrogens is 358 g/mol. The van der Waals surface area contributed by atoms with E-state index in [2.05, 4.69) is 27.1 Å². The smallest absolute Gasteiger partial charge is 0.274 e. The molecule has 0 unspecified atom stereocenters. The summed E-state index contributed by atoms with van der Waals surface area (Å²) in [6.07, 6.45) is 6.25. The Balaban J connectivity index is 1.88. The summed E-state index contributed by atoms with van der Waals surface area (Å²) in [5.41, 5.74) is 1.09. The topological polar surface area (TPSA) is 87.7 Å². The second kappa shape index (κ2) is 12.4. The zero-order valence-corrected chi connectivity index (χ0v) is 17.2. The Morgan fingerprint density at radius 1 is 1.18 bits per heavy atom. The van der Waals surface area contributed by atoms with E-state index in [4.69, 9.17) is 4.74 Å². The molecule has 0 atom stereocenters. The first-order chi connectivity index (χ1) is 13.6. The maximum atomic E-state index is 12.9. The highest BCUT2D eigenvalue weighted by atomic mass is 16.5. The van der Waals surface area contributed by atoms with Gasteiger partial charge in [0.05, 0.1) is 25.1 Å². The van der Waals surface area contributed by atoms with Crippen molar-refractivity contribution in [2.24, 2.45) is 0 Å². The first-order valence-electron chi connectivity index (χ1n) is 10.2. The Labute approximate surface area is 167 Å². The van der Waals surface area contributed by atoms with E-state index in [0.29, 0.717) is 31.7 Å². The molecule has 1 saturated heterocycles. The van der Waals surface area contributed by atoms with Crippen molar-refractivity contribution in [2.75, 3.05) is 52.5 Å². The van der Waals surface area contributed by atoms with Crippen molar-refractivity contribution in [3.63, 3.8) is 0 Å². The molecule has 1 N–H and O–H groups in total. The lowest BCUT2D eigenvalue weighted by Gasteiger charge is -2.28. The number of hydrogen-bond donors (Lipinski definition) is 1. The van der Waals surface area contributed by atoms with Gasteiger partial charge in [0.15, 0.2) is 0 Å². The predicted octanol–water partition coefficient (Wildman–Crippen LogP) is 1.26. The largest absolute Gasteiger partial charge is 0.379 e. The SMILES string of the molecule is CCCCNC(=O)CCN(CCCN1CCOCC1)C(=O)c1cnc(C)cn1. The van der Waals surface area contributed by atoms with Crippen LogP contribution in [0.5, 0.6) is 0 Å². The number of nitrogens with zero attached hydrogens (tertiary/aromatic N) is 4. The Kier molecular flexibility index (Phi) is 9.85. The minimum Gasteiger partial charge on any atom is -0.379 e. The monoisotopic (exact) mass is 391 g/mol. The number of nitrogens with one attached hydrogen (secondary N) is 1. The fourth-order valence-corrected chi connectivity index (χ4v) is 3.02. The summed E-state index contributed by atoms with van der Waals surface area (Å²) in [5, 5.41) is 2.91. The minimum atomic E-state index is -0.171. The number of rotatable bonds is 11. The second-order valence-electron chi connectivity index (χ2n) is 7.10. The molecule has 0 aliphatic carbocycles. The summed E-state index contributed by atoms with van der Waals surface area (Å²) in [7, 11) is 0. The molecule has 2 rings (SSSR count). The molecule has 1 fully saturated rings. The highest BCUT2D eigenvalue weighted by molar-refractivity contribution is 5.92. The molecule has 28 heavy (non-hydrogen) atoms. The summed E-state index contributed by atoms with van der Waals surface area (Å²) in [6, 6.07) is 0. The van der Waals surface area contributed by atoms with E-state index in [1.807, 2.05) is 6.92 Å². The molecule has 0 saturated carbocycles. The van der Waals surface area contributed by atoms with E-state index in [9.17, 15) is 9.59 Å². The Morgan fingerprint density at radius 3 is 2.64 bits per heavy atom. The number of ether oxygens (including phenoxy) is 1. The first-order valence-corrected chi connectivity index (χ1v) is 10.2. The second-order valence-corrected chi connectivity index (χ2v) is 7.10. The number of aryl methyl sites for hydroxylation is 1.